The number of rotatable bonds is 4. The molecule has 0 radical (unpaired) electrons. The number of hydrogen-bond donors (Lipinski definition) is 1. The van der Waals surface area contributed by atoms with Crippen molar-refractivity contribution in [3.63, 3.8) is 0 Å². The zero-order valence-electron chi connectivity index (χ0n) is 17.2. The molecule has 4 aromatic rings. The molecule has 0 bridgehead atoms. The number of aromatic amines is 1. The standard InChI is InChI=1S/C24H22N6O/c1-16-19(13-26-22(27-16)17-6-3-2-4-7-17)14-30-11-9-21-20(15-30)24(31)29-23(28-21)18-8-5-10-25-12-18/h2-8,10,12-13H,9,11,14-15H2,1H3,(H,28,29,31). The number of aromatic nitrogens is 5. The number of benzene rings is 1. The van der Waals surface area contributed by atoms with Crippen molar-refractivity contribution in [1.29, 1.82) is 0 Å². The second kappa shape index (κ2) is 8.20. The van der Waals surface area contributed by atoms with E-state index in [2.05, 4.69) is 19.9 Å². The molecule has 0 amide bonds. The van der Waals surface area contributed by atoms with Crippen LogP contribution in [0.2, 0.25) is 0 Å². The Kier molecular flexibility index (Phi) is 5.09. The van der Waals surface area contributed by atoms with Gasteiger partial charge in [0.25, 0.3) is 5.56 Å². The maximum atomic E-state index is 12.8. The molecule has 1 aliphatic rings. The Morgan fingerprint density at radius 2 is 1.87 bits per heavy atom. The highest BCUT2D eigenvalue weighted by atomic mass is 16.1. The first-order valence-electron chi connectivity index (χ1n) is 10.3. The summed E-state index contributed by atoms with van der Waals surface area (Å²) in [7, 11) is 0. The second-order valence-electron chi connectivity index (χ2n) is 7.71. The third-order valence-corrected chi connectivity index (χ3v) is 5.59. The zero-order valence-corrected chi connectivity index (χ0v) is 17.2. The van der Waals surface area contributed by atoms with Gasteiger partial charge in [-0.3, -0.25) is 14.7 Å². The highest BCUT2D eigenvalue weighted by molar-refractivity contribution is 5.55. The smallest absolute Gasteiger partial charge is 0.255 e. The predicted octanol–water partition coefficient (Wildman–Crippen LogP) is 3.16. The van der Waals surface area contributed by atoms with Gasteiger partial charge in [-0.15, -0.1) is 0 Å². The van der Waals surface area contributed by atoms with Crippen molar-refractivity contribution in [2.45, 2.75) is 26.4 Å². The minimum atomic E-state index is -0.0825. The van der Waals surface area contributed by atoms with Gasteiger partial charge in [-0.1, -0.05) is 30.3 Å². The van der Waals surface area contributed by atoms with Gasteiger partial charge < -0.3 is 4.98 Å². The third-order valence-electron chi connectivity index (χ3n) is 5.59. The fourth-order valence-electron chi connectivity index (χ4n) is 3.87. The first kappa shape index (κ1) is 19.3. The molecule has 154 valence electrons. The molecule has 0 aliphatic carbocycles. The van der Waals surface area contributed by atoms with Crippen LogP contribution < -0.4 is 5.56 Å². The van der Waals surface area contributed by atoms with Gasteiger partial charge in [-0.2, -0.15) is 0 Å². The normalized spacial score (nSPS) is 13.7. The van der Waals surface area contributed by atoms with Crippen LogP contribution in [-0.2, 0) is 19.5 Å². The van der Waals surface area contributed by atoms with Gasteiger partial charge in [0.05, 0.1) is 11.3 Å². The lowest BCUT2D eigenvalue weighted by atomic mass is 10.1. The molecule has 5 rings (SSSR count). The molecule has 0 saturated carbocycles. The first-order valence-corrected chi connectivity index (χ1v) is 10.3. The molecule has 31 heavy (non-hydrogen) atoms. The molecule has 0 spiro atoms. The molecule has 4 heterocycles. The Balaban J connectivity index is 1.35. The van der Waals surface area contributed by atoms with Crippen LogP contribution in [-0.4, -0.2) is 36.4 Å². The molecule has 0 fully saturated rings. The Morgan fingerprint density at radius 1 is 1.03 bits per heavy atom. The molecule has 0 saturated heterocycles. The Bertz CT molecular complexity index is 1270. The SMILES string of the molecule is Cc1nc(-c2ccccc2)ncc1CN1CCc2nc(-c3cccnc3)[nH]c(=O)c2C1. The topological polar surface area (TPSA) is 87.7 Å². The number of hydrogen-bond acceptors (Lipinski definition) is 6. The van der Waals surface area contributed by atoms with Gasteiger partial charge >= 0.3 is 0 Å². The third kappa shape index (κ3) is 4.00. The Labute approximate surface area is 179 Å². The summed E-state index contributed by atoms with van der Waals surface area (Å²) in [5.74, 6) is 1.31. The van der Waals surface area contributed by atoms with Crippen LogP contribution in [0.5, 0.6) is 0 Å². The summed E-state index contributed by atoms with van der Waals surface area (Å²) in [4.78, 5) is 36.0. The van der Waals surface area contributed by atoms with Gasteiger partial charge in [0, 0.05) is 67.0 Å². The fourth-order valence-corrected chi connectivity index (χ4v) is 3.87. The van der Waals surface area contributed by atoms with Crippen molar-refractivity contribution >= 4 is 0 Å². The van der Waals surface area contributed by atoms with Gasteiger partial charge in [0.1, 0.15) is 5.82 Å². The van der Waals surface area contributed by atoms with E-state index in [4.69, 9.17) is 9.97 Å². The molecular weight excluding hydrogens is 388 g/mol. The van der Waals surface area contributed by atoms with E-state index in [-0.39, 0.29) is 5.56 Å². The number of aryl methyl sites for hydroxylation is 1. The number of nitrogens with one attached hydrogen (secondary N) is 1. The Morgan fingerprint density at radius 3 is 2.65 bits per heavy atom. The molecule has 1 aliphatic heterocycles. The maximum Gasteiger partial charge on any atom is 0.255 e. The van der Waals surface area contributed by atoms with Crippen LogP contribution in [0.25, 0.3) is 22.8 Å². The van der Waals surface area contributed by atoms with Gasteiger partial charge in [-0.05, 0) is 19.1 Å². The van der Waals surface area contributed by atoms with Crippen LogP contribution >= 0.6 is 0 Å². The van der Waals surface area contributed by atoms with E-state index >= 15 is 0 Å². The van der Waals surface area contributed by atoms with Crippen LogP contribution in [0.1, 0.15) is 22.5 Å². The molecule has 1 aromatic carbocycles. The van der Waals surface area contributed by atoms with E-state index in [1.165, 1.54) is 0 Å². The number of fused-ring (bicyclic) bond motifs is 1. The summed E-state index contributed by atoms with van der Waals surface area (Å²) in [6.07, 6.45) is 6.04. The summed E-state index contributed by atoms with van der Waals surface area (Å²) < 4.78 is 0. The summed E-state index contributed by atoms with van der Waals surface area (Å²) in [6, 6.07) is 13.7. The highest BCUT2D eigenvalue weighted by Crippen LogP contribution is 2.21. The second-order valence-corrected chi connectivity index (χ2v) is 7.71. The zero-order chi connectivity index (χ0) is 21.2. The van der Waals surface area contributed by atoms with E-state index in [0.29, 0.717) is 18.9 Å². The van der Waals surface area contributed by atoms with E-state index in [1.807, 2.05) is 55.6 Å². The quantitative estimate of drug-likeness (QED) is 0.556. The summed E-state index contributed by atoms with van der Waals surface area (Å²) in [6.45, 7) is 4.10. The first-order chi connectivity index (χ1) is 15.2. The van der Waals surface area contributed by atoms with E-state index in [9.17, 15) is 4.79 Å². The van der Waals surface area contributed by atoms with Crippen molar-refractivity contribution in [3.05, 3.63) is 93.9 Å². The number of H-pyrrole nitrogens is 1. The van der Waals surface area contributed by atoms with E-state index in [0.717, 1.165) is 52.4 Å². The monoisotopic (exact) mass is 410 g/mol. The van der Waals surface area contributed by atoms with Crippen molar-refractivity contribution < 1.29 is 0 Å². The maximum absolute atomic E-state index is 12.8. The highest BCUT2D eigenvalue weighted by Gasteiger charge is 2.22. The lowest BCUT2D eigenvalue weighted by Gasteiger charge is -2.28. The molecule has 3 aromatic heterocycles. The van der Waals surface area contributed by atoms with Crippen molar-refractivity contribution in [1.82, 2.24) is 29.8 Å². The average Bonchev–Trinajstić information content (AvgIpc) is 2.82. The molecule has 1 N–H and O–H groups in total. The lowest BCUT2D eigenvalue weighted by Crippen LogP contribution is -2.35. The van der Waals surface area contributed by atoms with Crippen molar-refractivity contribution in [2.75, 3.05) is 6.54 Å². The van der Waals surface area contributed by atoms with Crippen LogP contribution in [0.15, 0.2) is 65.8 Å². The number of nitrogens with zero attached hydrogens (tertiary/aromatic N) is 5. The number of pyridine rings is 1. The molecule has 7 heteroatoms. The molecule has 0 unspecified atom stereocenters. The van der Waals surface area contributed by atoms with Crippen molar-refractivity contribution in [2.24, 2.45) is 0 Å². The van der Waals surface area contributed by atoms with E-state index in [1.54, 1.807) is 12.4 Å². The largest absolute Gasteiger partial charge is 0.306 e. The van der Waals surface area contributed by atoms with Gasteiger partial charge in [0.15, 0.2) is 5.82 Å². The average molecular weight is 410 g/mol. The van der Waals surface area contributed by atoms with E-state index < -0.39 is 0 Å². The van der Waals surface area contributed by atoms with Gasteiger partial charge in [0.2, 0.25) is 0 Å². The fraction of sp³-hybridized carbons (Fsp3) is 0.208. The summed E-state index contributed by atoms with van der Waals surface area (Å²) in [5.41, 5.74) is 5.37. The molecular formula is C24H22N6O. The Hall–Kier alpha value is -3.71. The molecule has 7 nitrogen and oxygen atoms in total. The lowest BCUT2D eigenvalue weighted by molar-refractivity contribution is 0.241. The summed E-state index contributed by atoms with van der Waals surface area (Å²) >= 11 is 0. The minimum Gasteiger partial charge on any atom is -0.306 e. The minimum absolute atomic E-state index is 0.0825. The predicted molar refractivity (Wildman–Crippen MR) is 118 cm³/mol. The van der Waals surface area contributed by atoms with Crippen LogP contribution in [0, 0.1) is 6.92 Å². The van der Waals surface area contributed by atoms with Gasteiger partial charge in [-0.25, -0.2) is 15.0 Å². The van der Waals surface area contributed by atoms with Crippen LogP contribution in [0.4, 0.5) is 0 Å². The van der Waals surface area contributed by atoms with Crippen LogP contribution in [0.3, 0.4) is 0 Å². The molecule has 0 atom stereocenters. The summed E-state index contributed by atoms with van der Waals surface area (Å²) in [5, 5.41) is 0. The van der Waals surface area contributed by atoms with Crippen molar-refractivity contribution in [3.8, 4) is 22.8 Å².